The van der Waals surface area contributed by atoms with Crippen molar-refractivity contribution in [2.75, 3.05) is 32.8 Å². The van der Waals surface area contributed by atoms with E-state index in [2.05, 4.69) is 29.6 Å². The lowest BCUT2D eigenvalue weighted by atomic mass is 9.98. The summed E-state index contributed by atoms with van der Waals surface area (Å²) >= 11 is 0. The molecule has 0 saturated carbocycles. The van der Waals surface area contributed by atoms with Gasteiger partial charge < -0.3 is 24.8 Å². The molecule has 1 aliphatic heterocycles. The first-order valence-electron chi connectivity index (χ1n) is 11.6. The van der Waals surface area contributed by atoms with Gasteiger partial charge in [0.25, 0.3) is 0 Å². The van der Waals surface area contributed by atoms with E-state index in [1.165, 1.54) is 22.3 Å². The third-order valence-corrected chi connectivity index (χ3v) is 6.45. The summed E-state index contributed by atoms with van der Waals surface area (Å²) in [6.07, 6.45) is 0.633. The number of rotatable bonds is 10. The summed E-state index contributed by atoms with van der Waals surface area (Å²) in [7, 11) is 0. The Bertz CT molecular complexity index is 1000. The highest BCUT2D eigenvalue weighted by molar-refractivity contribution is 5.80. The lowest BCUT2D eigenvalue weighted by Crippen LogP contribution is -2.56. The molecule has 0 spiro atoms. The normalized spacial score (nSPS) is 15.7. The molecule has 1 unspecified atom stereocenters. The Morgan fingerprint density at radius 3 is 2.29 bits per heavy atom. The number of ether oxygens (including phenoxy) is 2. The van der Waals surface area contributed by atoms with Crippen LogP contribution in [0.3, 0.4) is 0 Å². The molecular weight excluding hydrogens is 436 g/mol. The monoisotopic (exact) mass is 466 g/mol. The van der Waals surface area contributed by atoms with Crippen molar-refractivity contribution in [3.8, 4) is 11.1 Å². The number of alkyl carbamates (subject to hydrolysis) is 1. The number of carbonyl (C=O) groups is 3. The van der Waals surface area contributed by atoms with Gasteiger partial charge in [0, 0.05) is 31.5 Å². The van der Waals surface area contributed by atoms with Crippen molar-refractivity contribution < 1.29 is 29.0 Å². The molecule has 0 radical (unpaired) electrons. The van der Waals surface area contributed by atoms with Gasteiger partial charge in [-0.1, -0.05) is 55.5 Å². The number of carboxylic acid groups (broad SMARTS) is 1. The van der Waals surface area contributed by atoms with Gasteiger partial charge in [0.15, 0.2) is 0 Å². The number of likely N-dealkylation sites (tertiary alicyclic amines) is 1. The maximum atomic E-state index is 12.4. The lowest BCUT2D eigenvalue weighted by Gasteiger charge is -2.40. The second-order valence-corrected chi connectivity index (χ2v) is 8.87. The second kappa shape index (κ2) is 10.7. The SMILES string of the molecule is CC(CCCNC(=O)OCC1c2ccccc2-c2ccccc21)C(=O)N1CC(OCC(=O)O)C1. The fraction of sp³-hybridized carbons (Fsp3) is 0.423. The number of nitrogens with one attached hydrogen (secondary N) is 1. The molecule has 2 N–H and O–H groups in total. The number of hydrogen-bond donors (Lipinski definition) is 2. The summed E-state index contributed by atoms with van der Waals surface area (Å²) in [5.74, 6) is -1.14. The minimum Gasteiger partial charge on any atom is -0.480 e. The minimum atomic E-state index is -1.01. The number of benzene rings is 2. The van der Waals surface area contributed by atoms with E-state index >= 15 is 0 Å². The first-order valence-corrected chi connectivity index (χ1v) is 11.6. The summed E-state index contributed by atoms with van der Waals surface area (Å²) in [5.41, 5.74) is 4.72. The van der Waals surface area contributed by atoms with Crippen molar-refractivity contribution in [1.29, 1.82) is 0 Å². The maximum absolute atomic E-state index is 12.4. The lowest BCUT2D eigenvalue weighted by molar-refractivity contribution is -0.156. The summed E-state index contributed by atoms with van der Waals surface area (Å²) < 4.78 is 10.7. The van der Waals surface area contributed by atoms with Crippen LogP contribution in [0.5, 0.6) is 0 Å². The van der Waals surface area contributed by atoms with Gasteiger partial charge in [-0.05, 0) is 35.1 Å². The predicted octanol–water partition coefficient (Wildman–Crippen LogP) is 3.25. The number of nitrogens with zero attached hydrogens (tertiary/aromatic N) is 1. The summed E-state index contributed by atoms with van der Waals surface area (Å²) in [6, 6.07) is 16.4. The standard InChI is InChI=1S/C26H30N2O6/c1-17(25(31)28-13-18(14-28)33-16-24(29)30)7-6-12-27-26(32)34-15-23-21-10-4-2-8-19(21)20-9-3-5-11-22(20)23/h2-5,8-11,17-18,23H,6-7,12-16H2,1H3,(H,27,32)(H,29,30). The molecule has 0 bridgehead atoms. The number of hydrogen-bond acceptors (Lipinski definition) is 5. The molecule has 1 atom stereocenters. The molecule has 8 nitrogen and oxygen atoms in total. The minimum absolute atomic E-state index is 0.0237. The topological polar surface area (TPSA) is 105 Å². The van der Waals surface area contributed by atoms with E-state index in [4.69, 9.17) is 14.6 Å². The highest BCUT2D eigenvalue weighted by Gasteiger charge is 2.33. The van der Waals surface area contributed by atoms with E-state index in [-0.39, 0.29) is 37.1 Å². The molecule has 2 aromatic rings. The van der Waals surface area contributed by atoms with E-state index in [0.717, 1.165) is 0 Å². The highest BCUT2D eigenvalue weighted by Crippen LogP contribution is 2.44. The van der Waals surface area contributed by atoms with E-state index in [1.54, 1.807) is 4.90 Å². The van der Waals surface area contributed by atoms with Crippen LogP contribution in [0.1, 0.15) is 36.8 Å². The Balaban J connectivity index is 1.15. The first-order chi connectivity index (χ1) is 16.4. The molecule has 4 rings (SSSR count). The zero-order valence-corrected chi connectivity index (χ0v) is 19.2. The summed E-state index contributed by atoms with van der Waals surface area (Å²) in [6.45, 7) is 3.07. The third kappa shape index (κ3) is 5.39. The Labute approximate surface area is 198 Å². The van der Waals surface area contributed by atoms with E-state index < -0.39 is 12.1 Å². The third-order valence-electron chi connectivity index (χ3n) is 6.45. The smallest absolute Gasteiger partial charge is 0.407 e. The van der Waals surface area contributed by atoms with Crippen molar-refractivity contribution >= 4 is 18.0 Å². The van der Waals surface area contributed by atoms with Crippen LogP contribution in [-0.4, -0.2) is 66.9 Å². The van der Waals surface area contributed by atoms with Crippen LogP contribution < -0.4 is 5.32 Å². The molecule has 2 aliphatic rings. The zero-order chi connectivity index (χ0) is 24.1. The van der Waals surface area contributed by atoms with E-state index in [0.29, 0.717) is 32.5 Å². The fourth-order valence-electron chi connectivity index (χ4n) is 4.60. The molecule has 1 heterocycles. The van der Waals surface area contributed by atoms with Crippen LogP contribution in [-0.2, 0) is 19.1 Å². The van der Waals surface area contributed by atoms with Crippen molar-refractivity contribution in [3.05, 3.63) is 59.7 Å². The number of carboxylic acids is 1. The Morgan fingerprint density at radius 2 is 1.68 bits per heavy atom. The number of amides is 2. The molecule has 1 fully saturated rings. The fourth-order valence-corrected chi connectivity index (χ4v) is 4.60. The number of carbonyl (C=O) groups excluding carboxylic acids is 2. The first kappa shape index (κ1) is 23.8. The molecule has 2 amide bonds. The van der Waals surface area contributed by atoms with Crippen molar-refractivity contribution in [2.24, 2.45) is 5.92 Å². The van der Waals surface area contributed by atoms with Crippen molar-refractivity contribution in [2.45, 2.75) is 31.8 Å². The van der Waals surface area contributed by atoms with Crippen LogP contribution in [0.4, 0.5) is 4.79 Å². The Hall–Kier alpha value is -3.39. The van der Waals surface area contributed by atoms with Crippen LogP contribution in [0.15, 0.2) is 48.5 Å². The quantitative estimate of drug-likeness (QED) is 0.521. The number of fused-ring (bicyclic) bond motifs is 3. The Kier molecular flexibility index (Phi) is 7.47. The molecule has 34 heavy (non-hydrogen) atoms. The molecule has 180 valence electrons. The second-order valence-electron chi connectivity index (χ2n) is 8.87. The van der Waals surface area contributed by atoms with Crippen LogP contribution >= 0.6 is 0 Å². The predicted molar refractivity (Wildman–Crippen MR) is 125 cm³/mol. The average Bonchev–Trinajstić information content (AvgIpc) is 3.12. The zero-order valence-electron chi connectivity index (χ0n) is 19.2. The van der Waals surface area contributed by atoms with Gasteiger partial charge in [-0.3, -0.25) is 4.79 Å². The van der Waals surface area contributed by atoms with Gasteiger partial charge in [0.1, 0.15) is 13.2 Å². The molecule has 1 saturated heterocycles. The van der Waals surface area contributed by atoms with Crippen molar-refractivity contribution in [3.63, 3.8) is 0 Å². The van der Waals surface area contributed by atoms with Crippen LogP contribution in [0.2, 0.25) is 0 Å². The maximum Gasteiger partial charge on any atom is 0.407 e. The van der Waals surface area contributed by atoms with Gasteiger partial charge in [-0.15, -0.1) is 0 Å². The molecule has 2 aromatic carbocycles. The molecular formula is C26H30N2O6. The molecule has 1 aliphatic carbocycles. The van der Waals surface area contributed by atoms with Crippen molar-refractivity contribution in [1.82, 2.24) is 10.2 Å². The largest absolute Gasteiger partial charge is 0.480 e. The van der Waals surface area contributed by atoms with E-state index in [9.17, 15) is 14.4 Å². The number of aliphatic carboxylic acids is 1. The molecule has 8 heteroatoms. The summed E-state index contributed by atoms with van der Waals surface area (Å²) in [4.78, 5) is 36.9. The van der Waals surface area contributed by atoms with Crippen LogP contribution in [0, 0.1) is 5.92 Å². The average molecular weight is 467 g/mol. The van der Waals surface area contributed by atoms with Gasteiger partial charge in [-0.2, -0.15) is 0 Å². The van der Waals surface area contributed by atoms with Crippen LogP contribution in [0.25, 0.3) is 11.1 Å². The molecule has 0 aromatic heterocycles. The van der Waals surface area contributed by atoms with Gasteiger partial charge in [-0.25, -0.2) is 9.59 Å². The van der Waals surface area contributed by atoms with Gasteiger partial charge in [0.05, 0.1) is 6.10 Å². The van der Waals surface area contributed by atoms with Gasteiger partial charge in [0.2, 0.25) is 5.91 Å². The summed E-state index contributed by atoms with van der Waals surface area (Å²) in [5, 5.41) is 11.4. The van der Waals surface area contributed by atoms with E-state index in [1.807, 2.05) is 31.2 Å². The van der Waals surface area contributed by atoms with Gasteiger partial charge >= 0.3 is 12.1 Å². The highest BCUT2D eigenvalue weighted by atomic mass is 16.5. The Morgan fingerprint density at radius 1 is 1.06 bits per heavy atom.